The number of aromatic amines is 1. The van der Waals surface area contributed by atoms with E-state index in [1.54, 1.807) is 17.4 Å². The van der Waals surface area contributed by atoms with Gasteiger partial charge in [0.05, 0.1) is 28.3 Å². The van der Waals surface area contributed by atoms with Gasteiger partial charge >= 0.3 is 0 Å². The summed E-state index contributed by atoms with van der Waals surface area (Å²) in [4.78, 5) is 46.1. The Hall–Kier alpha value is -2.65. The largest absolute Gasteiger partial charge is 0.325 e. The van der Waals surface area contributed by atoms with Gasteiger partial charge in [-0.2, -0.15) is 0 Å². The number of H-pyrrole nitrogens is 1. The van der Waals surface area contributed by atoms with Crippen molar-refractivity contribution in [2.24, 2.45) is 0 Å². The Morgan fingerprint density at radius 3 is 2.81 bits per heavy atom. The average Bonchev–Trinajstić information content (AvgIpc) is 3.08. The molecule has 2 amide bonds. The molecule has 2 heterocycles. The number of nitrogens with one attached hydrogen (secondary N) is 3. The minimum Gasteiger partial charge on any atom is -0.325 e. The minimum absolute atomic E-state index is 0.0795. The zero-order valence-electron chi connectivity index (χ0n) is 17.5. The van der Waals surface area contributed by atoms with Crippen molar-refractivity contribution < 1.29 is 9.59 Å². The third-order valence-corrected chi connectivity index (χ3v) is 7.24. The van der Waals surface area contributed by atoms with Gasteiger partial charge < -0.3 is 15.6 Å². The molecule has 162 valence electrons. The van der Waals surface area contributed by atoms with Gasteiger partial charge in [-0.1, -0.05) is 6.07 Å². The summed E-state index contributed by atoms with van der Waals surface area (Å²) < 4.78 is 0. The second-order valence-corrected chi connectivity index (χ2v) is 9.74. The molecule has 1 aliphatic carbocycles. The van der Waals surface area contributed by atoms with Gasteiger partial charge in [0.1, 0.15) is 10.7 Å². The smallest absolute Gasteiger partial charge is 0.259 e. The molecule has 0 atom stereocenters. The second-order valence-electron chi connectivity index (χ2n) is 7.67. The van der Waals surface area contributed by atoms with E-state index in [2.05, 4.69) is 20.6 Å². The molecule has 4 rings (SSSR count). The molecule has 0 fully saturated rings. The third-order valence-electron chi connectivity index (χ3n) is 5.11. The van der Waals surface area contributed by atoms with Gasteiger partial charge in [0.15, 0.2) is 0 Å². The van der Waals surface area contributed by atoms with Crippen LogP contribution in [0.2, 0.25) is 0 Å². The fourth-order valence-electron chi connectivity index (χ4n) is 3.76. The summed E-state index contributed by atoms with van der Waals surface area (Å²) >= 11 is 3.01. The first kappa shape index (κ1) is 21.6. The molecule has 31 heavy (non-hydrogen) atoms. The first-order chi connectivity index (χ1) is 14.9. The Morgan fingerprint density at radius 2 is 2.00 bits per heavy atom. The minimum atomic E-state index is -0.200. The Bertz CT molecular complexity index is 1220. The quantitative estimate of drug-likeness (QED) is 0.520. The van der Waals surface area contributed by atoms with Crippen molar-refractivity contribution in [3.8, 4) is 0 Å². The van der Waals surface area contributed by atoms with Crippen molar-refractivity contribution >= 4 is 56.5 Å². The molecule has 0 unspecified atom stereocenters. The summed E-state index contributed by atoms with van der Waals surface area (Å²) in [5.74, 6) is 0.846. The van der Waals surface area contributed by atoms with Gasteiger partial charge in [0.2, 0.25) is 11.8 Å². The number of nitrogens with zero attached hydrogens (tertiary/aromatic N) is 1. The predicted molar refractivity (Wildman–Crippen MR) is 127 cm³/mol. The van der Waals surface area contributed by atoms with Gasteiger partial charge in [-0.15, -0.1) is 23.1 Å². The van der Waals surface area contributed by atoms with Crippen LogP contribution in [0.3, 0.4) is 0 Å². The topological polar surface area (TPSA) is 104 Å². The summed E-state index contributed by atoms with van der Waals surface area (Å²) in [5, 5.41) is 6.32. The number of carbonyl (C=O) groups excluding carboxylic acids is 2. The highest BCUT2D eigenvalue weighted by molar-refractivity contribution is 7.99. The van der Waals surface area contributed by atoms with Crippen molar-refractivity contribution in [3.05, 3.63) is 50.4 Å². The molecule has 0 saturated carbocycles. The fourth-order valence-corrected chi connectivity index (χ4v) is 5.73. The number of hydrogen-bond donors (Lipinski definition) is 3. The molecule has 0 spiro atoms. The van der Waals surface area contributed by atoms with Crippen LogP contribution in [0.25, 0.3) is 10.2 Å². The predicted octanol–water partition coefficient (Wildman–Crippen LogP) is 4.00. The van der Waals surface area contributed by atoms with Crippen molar-refractivity contribution in [1.82, 2.24) is 9.97 Å². The monoisotopic (exact) mass is 456 g/mol. The van der Waals surface area contributed by atoms with Crippen LogP contribution in [0.1, 0.15) is 41.6 Å². The Morgan fingerprint density at radius 1 is 1.19 bits per heavy atom. The molecular weight excluding hydrogens is 432 g/mol. The van der Waals surface area contributed by atoms with Crippen molar-refractivity contribution in [2.45, 2.75) is 45.3 Å². The average molecular weight is 457 g/mol. The number of hydrogen-bond acceptors (Lipinski definition) is 6. The number of fused-ring (bicyclic) bond motifs is 3. The van der Waals surface area contributed by atoms with E-state index in [1.165, 1.54) is 35.5 Å². The van der Waals surface area contributed by atoms with E-state index in [0.717, 1.165) is 35.0 Å². The molecule has 0 saturated heterocycles. The SMILES string of the molecule is CC(=O)Nc1ccc(C)cc1NC(=O)CSCc1nc2sc3c(c2c(=O)[nH]1)CCCC3. The molecule has 0 aliphatic heterocycles. The van der Waals surface area contributed by atoms with Crippen molar-refractivity contribution in [3.63, 3.8) is 0 Å². The standard InChI is InChI=1S/C22H24N4O3S2/c1-12-7-8-15(23-13(2)27)16(9-12)24-19(28)11-30-10-18-25-21(29)20-14-5-3-4-6-17(14)31-22(20)26-18/h7-9H,3-6,10-11H2,1-2H3,(H,23,27)(H,24,28)(H,25,26,29). The lowest BCUT2D eigenvalue weighted by atomic mass is 9.97. The third kappa shape index (κ3) is 4.99. The molecule has 7 nitrogen and oxygen atoms in total. The second kappa shape index (κ2) is 9.23. The molecule has 9 heteroatoms. The maximum absolute atomic E-state index is 12.6. The zero-order chi connectivity index (χ0) is 22.0. The van der Waals surface area contributed by atoms with Crippen LogP contribution < -0.4 is 16.2 Å². The summed E-state index contributed by atoms with van der Waals surface area (Å²) in [5.41, 5.74) is 3.20. The lowest BCUT2D eigenvalue weighted by molar-refractivity contribution is -0.115. The molecule has 3 aromatic rings. The number of anilines is 2. The molecule has 1 aromatic carbocycles. The van der Waals surface area contributed by atoms with Crippen molar-refractivity contribution in [1.29, 1.82) is 0 Å². The van der Waals surface area contributed by atoms with Crippen LogP contribution in [0.5, 0.6) is 0 Å². The maximum atomic E-state index is 12.6. The van der Waals surface area contributed by atoms with Crippen LogP contribution >= 0.6 is 23.1 Å². The summed E-state index contributed by atoms with van der Waals surface area (Å²) in [6, 6.07) is 5.46. The molecule has 0 radical (unpaired) electrons. The molecule has 1 aliphatic rings. The summed E-state index contributed by atoms with van der Waals surface area (Å²) in [7, 11) is 0. The molecular formula is C22H24N4O3S2. The van der Waals surface area contributed by atoms with Crippen molar-refractivity contribution in [2.75, 3.05) is 16.4 Å². The van der Waals surface area contributed by atoms with Gasteiger partial charge in [0.25, 0.3) is 5.56 Å². The zero-order valence-corrected chi connectivity index (χ0v) is 19.1. The van der Waals surface area contributed by atoms with Crippen LogP contribution in [-0.2, 0) is 28.2 Å². The Balaban J connectivity index is 1.40. The molecule has 0 bridgehead atoms. The van der Waals surface area contributed by atoms with E-state index < -0.39 is 0 Å². The van der Waals surface area contributed by atoms with E-state index in [1.807, 2.05) is 19.1 Å². The van der Waals surface area contributed by atoms with Gasteiger partial charge in [-0.05, 0) is 55.9 Å². The van der Waals surface area contributed by atoms with Gasteiger partial charge in [-0.3, -0.25) is 14.4 Å². The lowest BCUT2D eigenvalue weighted by Gasteiger charge is -2.12. The summed E-state index contributed by atoms with van der Waals surface area (Å²) in [6.45, 7) is 3.35. The van der Waals surface area contributed by atoms with Crippen LogP contribution in [0, 0.1) is 6.92 Å². The van der Waals surface area contributed by atoms with E-state index >= 15 is 0 Å². The van der Waals surface area contributed by atoms with E-state index in [0.29, 0.717) is 23.0 Å². The highest BCUT2D eigenvalue weighted by Crippen LogP contribution is 2.33. The van der Waals surface area contributed by atoms with Gasteiger partial charge in [-0.25, -0.2) is 4.98 Å². The van der Waals surface area contributed by atoms with Gasteiger partial charge in [0, 0.05) is 11.8 Å². The fraction of sp³-hybridized carbons (Fsp3) is 0.364. The van der Waals surface area contributed by atoms with Crippen LogP contribution in [0.4, 0.5) is 11.4 Å². The van der Waals surface area contributed by atoms with E-state index in [-0.39, 0.29) is 23.1 Å². The first-order valence-electron chi connectivity index (χ1n) is 10.2. The number of benzene rings is 1. The van der Waals surface area contributed by atoms with E-state index in [9.17, 15) is 14.4 Å². The molecule has 2 aromatic heterocycles. The molecule has 3 N–H and O–H groups in total. The highest BCUT2D eigenvalue weighted by atomic mass is 32.2. The van der Waals surface area contributed by atoms with Crippen LogP contribution in [-0.4, -0.2) is 27.5 Å². The van der Waals surface area contributed by atoms with Crippen LogP contribution in [0.15, 0.2) is 23.0 Å². The highest BCUT2D eigenvalue weighted by Gasteiger charge is 2.19. The number of carbonyl (C=O) groups is 2. The Kier molecular flexibility index (Phi) is 6.43. The first-order valence-corrected chi connectivity index (χ1v) is 12.2. The number of amides is 2. The summed E-state index contributed by atoms with van der Waals surface area (Å²) in [6.07, 6.45) is 4.27. The number of aryl methyl sites for hydroxylation is 3. The maximum Gasteiger partial charge on any atom is 0.259 e. The Labute approximate surface area is 188 Å². The normalized spacial score (nSPS) is 13.1. The number of thioether (sulfide) groups is 1. The lowest BCUT2D eigenvalue weighted by Crippen LogP contribution is -2.17. The van der Waals surface area contributed by atoms with E-state index in [4.69, 9.17) is 0 Å². The number of thiophene rings is 1. The number of rotatable bonds is 6. The number of aromatic nitrogens is 2.